The number of nitrogens with zero attached hydrogens (tertiary/aromatic N) is 1. The summed E-state index contributed by atoms with van der Waals surface area (Å²) in [5.41, 5.74) is -0.662. The molecule has 0 aliphatic rings. The highest BCUT2D eigenvalue weighted by Gasteiger charge is 2.31. The van der Waals surface area contributed by atoms with Gasteiger partial charge in [-0.05, 0) is 37.3 Å². The van der Waals surface area contributed by atoms with Crippen LogP contribution >= 0.6 is 0 Å². The number of rotatable bonds is 4. The number of anilines is 1. The van der Waals surface area contributed by atoms with Crippen molar-refractivity contribution in [3.05, 3.63) is 53.9 Å². The maximum absolute atomic E-state index is 12.8. The minimum atomic E-state index is -4.50. The van der Waals surface area contributed by atoms with Gasteiger partial charge in [0.05, 0.1) is 23.4 Å². The van der Waals surface area contributed by atoms with Gasteiger partial charge in [0.25, 0.3) is 5.91 Å². The summed E-state index contributed by atoms with van der Waals surface area (Å²) in [6, 6.07) is 6.01. The summed E-state index contributed by atoms with van der Waals surface area (Å²) >= 11 is 0. The molecule has 22 heavy (non-hydrogen) atoms. The van der Waals surface area contributed by atoms with Gasteiger partial charge in [0.15, 0.2) is 0 Å². The molecule has 1 N–H and O–H groups in total. The van der Waals surface area contributed by atoms with Crippen molar-refractivity contribution >= 4 is 11.6 Å². The minimum absolute atomic E-state index is 0.0365. The summed E-state index contributed by atoms with van der Waals surface area (Å²) in [4.78, 5) is 15.8. The molecule has 4 nitrogen and oxygen atoms in total. The Morgan fingerprint density at radius 2 is 2.09 bits per heavy atom. The van der Waals surface area contributed by atoms with E-state index in [9.17, 15) is 18.0 Å². The van der Waals surface area contributed by atoms with E-state index in [1.54, 1.807) is 13.0 Å². The van der Waals surface area contributed by atoms with Crippen molar-refractivity contribution in [2.24, 2.45) is 0 Å². The van der Waals surface area contributed by atoms with Crippen LogP contribution in [0.25, 0.3) is 0 Å². The minimum Gasteiger partial charge on any atom is -0.492 e. The van der Waals surface area contributed by atoms with E-state index in [0.29, 0.717) is 0 Å². The zero-order valence-electron chi connectivity index (χ0n) is 11.6. The Morgan fingerprint density at radius 3 is 2.68 bits per heavy atom. The van der Waals surface area contributed by atoms with E-state index in [4.69, 9.17) is 4.74 Å². The summed E-state index contributed by atoms with van der Waals surface area (Å²) in [5, 5.41) is 2.42. The Kier molecular flexibility index (Phi) is 4.65. The van der Waals surface area contributed by atoms with Gasteiger partial charge in [-0.2, -0.15) is 13.2 Å². The Morgan fingerprint density at radius 1 is 1.32 bits per heavy atom. The number of ether oxygens (including phenoxy) is 1. The molecule has 2 aromatic rings. The zero-order chi connectivity index (χ0) is 16.2. The monoisotopic (exact) mass is 310 g/mol. The molecule has 0 radical (unpaired) electrons. The topological polar surface area (TPSA) is 51.2 Å². The van der Waals surface area contributed by atoms with E-state index in [-0.39, 0.29) is 23.6 Å². The maximum atomic E-state index is 12.8. The van der Waals surface area contributed by atoms with E-state index < -0.39 is 17.6 Å². The highest BCUT2D eigenvalue weighted by molar-refractivity contribution is 6.04. The van der Waals surface area contributed by atoms with Gasteiger partial charge >= 0.3 is 6.18 Å². The zero-order valence-corrected chi connectivity index (χ0v) is 11.6. The van der Waals surface area contributed by atoms with Gasteiger partial charge in [0.2, 0.25) is 0 Å². The Hall–Kier alpha value is -2.57. The predicted octanol–water partition coefficient (Wildman–Crippen LogP) is 3.75. The number of pyridine rings is 1. The second-order valence-corrected chi connectivity index (χ2v) is 4.34. The molecule has 0 aliphatic heterocycles. The van der Waals surface area contributed by atoms with E-state index in [2.05, 4.69) is 10.3 Å². The molecular formula is C15H13F3N2O2. The van der Waals surface area contributed by atoms with Crippen LogP contribution in [0, 0.1) is 0 Å². The average molecular weight is 310 g/mol. The second-order valence-electron chi connectivity index (χ2n) is 4.34. The smallest absolute Gasteiger partial charge is 0.416 e. The first-order chi connectivity index (χ1) is 10.4. The molecule has 1 amide bonds. The first-order valence-electron chi connectivity index (χ1n) is 6.47. The van der Waals surface area contributed by atoms with E-state index in [0.717, 1.165) is 12.1 Å². The first kappa shape index (κ1) is 15.8. The fourth-order valence-electron chi connectivity index (χ4n) is 1.78. The van der Waals surface area contributed by atoms with Crippen molar-refractivity contribution in [3.8, 4) is 5.75 Å². The summed E-state index contributed by atoms with van der Waals surface area (Å²) in [6.07, 6.45) is -1.69. The second kappa shape index (κ2) is 6.46. The van der Waals surface area contributed by atoms with E-state index >= 15 is 0 Å². The number of halogens is 3. The van der Waals surface area contributed by atoms with E-state index in [1.165, 1.54) is 24.5 Å². The van der Waals surface area contributed by atoms with Crippen molar-refractivity contribution in [1.82, 2.24) is 4.98 Å². The average Bonchev–Trinajstić information content (AvgIpc) is 2.49. The van der Waals surface area contributed by atoms with Crippen LogP contribution in [0.5, 0.6) is 5.75 Å². The number of hydrogen-bond acceptors (Lipinski definition) is 3. The quantitative estimate of drug-likeness (QED) is 0.935. The molecule has 0 bridgehead atoms. The lowest BCUT2D eigenvalue weighted by Crippen LogP contribution is -2.14. The summed E-state index contributed by atoms with van der Waals surface area (Å²) in [5.74, 6) is -0.388. The number of carbonyl (C=O) groups excluding carboxylic acids is 1. The number of aromatic nitrogens is 1. The maximum Gasteiger partial charge on any atom is 0.416 e. The number of carbonyl (C=O) groups is 1. The highest BCUT2D eigenvalue weighted by Crippen LogP contribution is 2.35. The standard InChI is InChI=1S/C15H13F3N2O2/c1-2-22-13-6-5-11(15(16,17)18)8-12(13)20-14(21)10-4-3-7-19-9-10/h3-9H,2H2,1H3,(H,20,21). The van der Waals surface area contributed by atoms with Crippen LogP contribution in [0.2, 0.25) is 0 Å². The SMILES string of the molecule is CCOc1ccc(C(F)(F)F)cc1NC(=O)c1cccnc1. The fraction of sp³-hybridized carbons (Fsp3) is 0.200. The third-order valence-corrected chi connectivity index (χ3v) is 2.78. The van der Waals surface area contributed by atoms with Crippen LogP contribution in [0.3, 0.4) is 0 Å². The molecule has 0 atom stereocenters. The largest absolute Gasteiger partial charge is 0.492 e. The van der Waals surface area contributed by atoms with Crippen LogP contribution in [-0.4, -0.2) is 17.5 Å². The van der Waals surface area contributed by atoms with Gasteiger partial charge in [-0.3, -0.25) is 9.78 Å². The predicted molar refractivity (Wildman–Crippen MR) is 74.8 cm³/mol. The summed E-state index contributed by atoms with van der Waals surface area (Å²) in [7, 11) is 0. The molecule has 1 heterocycles. The number of amides is 1. The van der Waals surface area contributed by atoms with Crippen LogP contribution in [0.15, 0.2) is 42.7 Å². The molecule has 116 valence electrons. The van der Waals surface area contributed by atoms with Crippen molar-refractivity contribution in [2.75, 3.05) is 11.9 Å². The molecule has 0 aliphatic carbocycles. The molecule has 0 spiro atoms. The lowest BCUT2D eigenvalue weighted by Gasteiger charge is -2.14. The number of hydrogen-bond donors (Lipinski definition) is 1. The van der Waals surface area contributed by atoms with Gasteiger partial charge in [0.1, 0.15) is 5.75 Å². The van der Waals surface area contributed by atoms with E-state index in [1.807, 2.05) is 0 Å². The molecule has 0 saturated heterocycles. The normalized spacial score (nSPS) is 11.1. The van der Waals surface area contributed by atoms with Crippen molar-refractivity contribution in [3.63, 3.8) is 0 Å². The van der Waals surface area contributed by atoms with Gasteiger partial charge in [-0.1, -0.05) is 0 Å². The van der Waals surface area contributed by atoms with Gasteiger partial charge < -0.3 is 10.1 Å². The van der Waals surface area contributed by atoms with Crippen LogP contribution < -0.4 is 10.1 Å². The molecule has 7 heteroatoms. The molecule has 2 rings (SSSR count). The Balaban J connectivity index is 2.33. The molecule has 0 unspecified atom stereocenters. The molecule has 0 saturated carbocycles. The number of alkyl halides is 3. The number of benzene rings is 1. The summed E-state index contributed by atoms with van der Waals surface area (Å²) < 4.78 is 43.6. The summed E-state index contributed by atoms with van der Waals surface area (Å²) in [6.45, 7) is 1.96. The van der Waals surface area contributed by atoms with Crippen molar-refractivity contribution in [2.45, 2.75) is 13.1 Å². The Bertz CT molecular complexity index is 658. The first-order valence-corrected chi connectivity index (χ1v) is 6.47. The van der Waals surface area contributed by atoms with Gasteiger partial charge in [-0.15, -0.1) is 0 Å². The lowest BCUT2D eigenvalue weighted by molar-refractivity contribution is -0.137. The van der Waals surface area contributed by atoms with Crippen LogP contribution in [0.1, 0.15) is 22.8 Å². The third-order valence-electron chi connectivity index (χ3n) is 2.78. The third kappa shape index (κ3) is 3.75. The molecule has 1 aromatic heterocycles. The van der Waals surface area contributed by atoms with Gasteiger partial charge in [-0.25, -0.2) is 0 Å². The van der Waals surface area contributed by atoms with Gasteiger partial charge in [0, 0.05) is 12.4 Å². The highest BCUT2D eigenvalue weighted by atomic mass is 19.4. The molecular weight excluding hydrogens is 297 g/mol. The van der Waals surface area contributed by atoms with Crippen molar-refractivity contribution in [1.29, 1.82) is 0 Å². The number of nitrogens with one attached hydrogen (secondary N) is 1. The molecule has 0 fully saturated rings. The fourth-order valence-corrected chi connectivity index (χ4v) is 1.78. The lowest BCUT2D eigenvalue weighted by atomic mass is 10.1. The Labute approximate surface area is 124 Å². The van der Waals surface area contributed by atoms with Crippen LogP contribution in [-0.2, 0) is 6.18 Å². The van der Waals surface area contributed by atoms with Crippen LogP contribution in [0.4, 0.5) is 18.9 Å². The molecule has 1 aromatic carbocycles. The van der Waals surface area contributed by atoms with Crippen molar-refractivity contribution < 1.29 is 22.7 Å².